The summed E-state index contributed by atoms with van der Waals surface area (Å²) in [7, 11) is 2.11. The molecule has 0 aliphatic heterocycles. The lowest BCUT2D eigenvalue weighted by molar-refractivity contribution is -0.0175. The monoisotopic (exact) mass is 372 g/mol. The van der Waals surface area contributed by atoms with Gasteiger partial charge in [0, 0.05) is 18.0 Å². The first kappa shape index (κ1) is 17.4. The summed E-state index contributed by atoms with van der Waals surface area (Å²) in [5.74, 6) is 2.32. The van der Waals surface area contributed by atoms with Crippen LogP contribution in [0.25, 0.3) is 0 Å². The summed E-state index contributed by atoms with van der Waals surface area (Å²) in [6.07, 6.45) is 12.7. The van der Waals surface area contributed by atoms with Gasteiger partial charge in [-0.05, 0) is 74.4 Å². The van der Waals surface area contributed by atoms with Gasteiger partial charge in [0.15, 0.2) is 0 Å². The van der Waals surface area contributed by atoms with Crippen LogP contribution in [0.5, 0.6) is 0 Å². The number of rotatable bonds is 1. The van der Waals surface area contributed by atoms with Gasteiger partial charge in [-0.1, -0.05) is 25.5 Å². The van der Waals surface area contributed by atoms with Crippen LogP contribution in [0.2, 0.25) is 0 Å². The first-order chi connectivity index (χ1) is 12.4. The number of aliphatic hydroxyl groups excluding tert-OH is 1. The molecule has 0 unspecified atom stereocenters. The molecule has 1 aromatic rings. The Bertz CT molecular complexity index is 783. The fraction of sp³-hybridized carbons (Fsp3) is 0.773. The molecule has 3 nitrogen and oxygen atoms in total. The number of aryl methyl sites for hydroxylation is 1. The number of nitrogens with zero attached hydrogens (tertiary/aromatic N) is 2. The third-order valence-corrected chi connectivity index (χ3v) is 9.61. The largest absolute Gasteiger partial charge is 0.393 e. The smallest absolute Gasteiger partial charge is 0.0969 e. The summed E-state index contributed by atoms with van der Waals surface area (Å²) in [5.41, 5.74) is 5.12. The molecule has 0 radical (unpaired) electrons. The van der Waals surface area contributed by atoms with E-state index in [1.165, 1.54) is 42.8 Å². The zero-order valence-corrected chi connectivity index (χ0v) is 17.4. The summed E-state index contributed by atoms with van der Waals surface area (Å²) >= 11 is 1.86. The van der Waals surface area contributed by atoms with E-state index in [2.05, 4.69) is 37.9 Å². The molecule has 0 spiro atoms. The van der Waals surface area contributed by atoms with E-state index >= 15 is 0 Å². The minimum Gasteiger partial charge on any atom is -0.393 e. The molecule has 142 valence electrons. The van der Waals surface area contributed by atoms with Gasteiger partial charge in [-0.15, -0.1) is 11.8 Å². The van der Waals surface area contributed by atoms with Crippen LogP contribution in [-0.4, -0.2) is 27.2 Å². The molecule has 5 rings (SSSR count). The first-order valence-corrected chi connectivity index (χ1v) is 11.6. The van der Waals surface area contributed by atoms with Gasteiger partial charge >= 0.3 is 0 Å². The van der Waals surface area contributed by atoms with E-state index in [9.17, 15) is 5.11 Å². The molecule has 1 heterocycles. The number of aromatic nitrogens is 2. The molecule has 0 aromatic carbocycles. The second-order valence-electron chi connectivity index (χ2n) is 9.78. The van der Waals surface area contributed by atoms with E-state index in [1.807, 2.05) is 11.8 Å². The highest BCUT2D eigenvalue weighted by atomic mass is 32.2. The van der Waals surface area contributed by atoms with E-state index < -0.39 is 0 Å². The third kappa shape index (κ3) is 2.09. The van der Waals surface area contributed by atoms with Crippen LogP contribution in [-0.2, 0) is 18.9 Å². The summed E-state index contributed by atoms with van der Waals surface area (Å²) < 4.78 is 2.12. The lowest BCUT2D eigenvalue weighted by atomic mass is 9.48. The second kappa shape index (κ2) is 5.64. The molecule has 2 saturated carbocycles. The Morgan fingerprint density at radius 3 is 2.69 bits per heavy atom. The van der Waals surface area contributed by atoms with Crippen molar-refractivity contribution in [2.24, 2.45) is 30.2 Å². The zero-order chi connectivity index (χ0) is 18.3. The van der Waals surface area contributed by atoms with Crippen molar-refractivity contribution < 1.29 is 5.11 Å². The van der Waals surface area contributed by atoms with Gasteiger partial charge in [0.2, 0.25) is 0 Å². The molecule has 26 heavy (non-hydrogen) atoms. The Hall–Kier alpha value is -0.740. The van der Waals surface area contributed by atoms with Gasteiger partial charge in [0.05, 0.1) is 16.8 Å². The minimum absolute atomic E-state index is 0.107. The predicted molar refractivity (Wildman–Crippen MR) is 106 cm³/mol. The van der Waals surface area contributed by atoms with Gasteiger partial charge < -0.3 is 5.11 Å². The van der Waals surface area contributed by atoms with Gasteiger partial charge in [-0.3, -0.25) is 4.68 Å². The van der Waals surface area contributed by atoms with Gasteiger partial charge in [0.1, 0.15) is 0 Å². The number of hydrogen-bond acceptors (Lipinski definition) is 3. The maximum atomic E-state index is 10.2. The standard InChI is InChI=1S/C22H32N2OS/c1-21-9-7-14(25)11-13(21)5-6-15-17(21)8-10-22(2)18(15)12-16-19(22)23-24(3)20(16)26-4/h5,14-15,17-18,25H,6-12H2,1-4H3/t14-,15+,17-,18-,21-,22-/m0/s1. The van der Waals surface area contributed by atoms with Gasteiger partial charge in [0.25, 0.3) is 0 Å². The lowest BCUT2D eigenvalue weighted by Gasteiger charge is -2.57. The SMILES string of the molecule is CSc1c2c(nn1C)[C@@]1(C)CC[C@H]3[C@@H](CC=C4C[C@@H](O)CC[C@@]43C)[C@@H]1C2. The van der Waals surface area contributed by atoms with Crippen molar-refractivity contribution in [2.75, 3.05) is 6.26 Å². The lowest BCUT2D eigenvalue weighted by Crippen LogP contribution is -2.51. The summed E-state index contributed by atoms with van der Waals surface area (Å²) in [6.45, 7) is 5.01. The zero-order valence-electron chi connectivity index (χ0n) is 16.6. The topological polar surface area (TPSA) is 38.0 Å². The summed E-state index contributed by atoms with van der Waals surface area (Å²) in [5, 5.41) is 16.6. The highest BCUT2D eigenvalue weighted by molar-refractivity contribution is 7.98. The summed E-state index contributed by atoms with van der Waals surface area (Å²) in [4.78, 5) is 0. The fourth-order valence-electron chi connectivity index (χ4n) is 7.30. The highest BCUT2D eigenvalue weighted by Gasteiger charge is 2.58. The number of thioether (sulfide) groups is 1. The molecule has 0 bridgehead atoms. The van der Waals surface area contributed by atoms with E-state index in [4.69, 9.17) is 5.10 Å². The Balaban J connectivity index is 1.53. The van der Waals surface area contributed by atoms with Crippen molar-refractivity contribution in [1.82, 2.24) is 9.78 Å². The number of aliphatic hydroxyl groups is 1. The van der Waals surface area contributed by atoms with Gasteiger partial charge in [-0.25, -0.2) is 0 Å². The first-order valence-electron chi connectivity index (χ1n) is 10.4. The van der Waals surface area contributed by atoms with Crippen molar-refractivity contribution in [3.05, 3.63) is 22.9 Å². The maximum absolute atomic E-state index is 10.2. The third-order valence-electron chi connectivity index (χ3n) is 8.71. The number of allylic oxidation sites excluding steroid dienone is 1. The minimum atomic E-state index is -0.107. The molecule has 0 amide bonds. The van der Waals surface area contributed by atoms with Crippen LogP contribution >= 0.6 is 11.8 Å². The average molecular weight is 373 g/mol. The van der Waals surface area contributed by atoms with E-state index in [0.29, 0.717) is 5.41 Å². The molecule has 0 saturated heterocycles. The number of fused-ring (bicyclic) bond motifs is 7. The molecule has 1 aromatic heterocycles. The van der Waals surface area contributed by atoms with Crippen molar-refractivity contribution in [3.63, 3.8) is 0 Å². The Labute approximate surface area is 161 Å². The highest BCUT2D eigenvalue weighted by Crippen LogP contribution is 2.64. The predicted octanol–water partition coefficient (Wildman–Crippen LogP) is 4.48. The van der Waals surface area contributed by atoms with Gasteiger partial charge in [-0.2, -0.15) is 5.10 Å². The van der Waals surface area contributed by atoms with E-state index in [1.54, 1.807) is 11.1 Å². The van der Waals surface area contributed by atoms with Crippen molar-refractivity contribution in [1.29, 1.82) is 0 Å². The van der Waals surface area contributed by atoms with Crippen LogP contribution in [0.1, 0.15) is 63.6 Å². The molecule has 6 atom stereocenters. The van der Waals surface area contributed by atoms with Crippen molar-refractivity contribution in [2.45, 2.75) is 75.3 Å². The molecular weight excluding hydrogens is 340 g/mol. The average Bonchev–Trinajstić information content (AvgIpc) is 3.08. The van der Waals surface area contributed by atoms with Crippen LogP contribution in [0, 0.1) is 23.2 Å². The van der Waals surface area contributed by atoms with Crippen molar-refractivity contribution in [3.8, 4) is 0 Å². The van der Waals surface area contributed by atoms with Crippen LogP contribution in [0.15, 0.2) is 16.7 Å². The van der Waals surface area contributed by atoms with Crippen LogP contribution < -0.4 is 0 Å². The van der Waals surface area contributed by atoms with E-state index in [-0.39, 0.29) is 11.5 Å². The summed E-state index contributed by atoms with van der Waals surface area (Å²) in [6, 6.07) is 0. The molecule has 2 fully saturated rings. The Morgan fingerprint density at radius 2 is 1.92 bits per heavy atom. The molecule has 4 aliphatic carbocycles. The van der Waals surface area contributed by atoms with Crippen molar-refractivity contribution >= 4 is 11.8 Å². The van der Waals surface area contributed by atoms with Crippen LogP contribution in [0.4, 0.5) is 0 Å². The second-order valence-corrected chi connectivity index (χ2v) is 10.6. The maximum Gasteiger partial charge on any atom is 0.0969 e. The molecule has 4 aliphatic rings. The van der Waals surface area contributed by atoms with E-state index in [0.717, 1.165) is 30.6 Å². The fourth-order valence-corrected chi connectivity index (χ4v) is 8.03. The molecule has 4 heteroatoms. The Morgan fingerprint density at radius 1 is 1.15 bits per heavy atom. The Kier molecular flexibility index (Phi) is 3.76. The van der Waals surface area contributed by atoms with Crippen LogP contribution in [0.3, 0.4) is 0 Å². The number of hydrogen-bond donors (Lipinski definition) is 1. The molecule has 1 N–H and O–H groups in total. The molecular formula is C22H32N2OS. The normalized spacial score (nSPS) is 44.0. The quantitative estimate of drug-likeness (QED) is 0.583.